The van der Waals surface area contributed by atoms with Crippen LogP contribution in [0, 0.1) is 0 Å². The summed E-state index contributed by atoms with van der Waals surface area (Å²) in [4.78, 5) is 13.3. The lowest BCUT2D eigenvalue weighted by molar-refractivity contribution is -0.137. The molecule has 6 rings (SSSR count). The van der Waals surface area contributed by atoms with E-state index in [1.54, 1.807) is 12.1 Å². The van der Waals surface area contributed by atoms with E-state index in [2.05, 4.69) is 81.5 Å². The van der Waals surface area contributed by atoms with E-state index >= 15 is 0 Å². The van der Waals surface area contributed by atoms with Crippen LogP contribution in [0.5, 0.6) is 0 Å². The van der Waals surface area contributed by atoms with Gasteiger partial charge in [0.05, 0.1) is 22.5 Å². The van der Waals surface area contributed by atoms with Gasteiger partial charge in [-0.25, -0.2) is 4.98 Å². The number of halogens is 3. The lowest BCUT2D eigenvalue weighted by atomic mass is 9.91. The molecule has 4 nitrogen and oxygen atoms in total. The maximum atomic E-state index is 12.8. The Morgan fingerprint density at radius 3 is 1.75 bits per heavy atom. The average molecular weight is 541 g/mol. The molecule has 204 valence electrons. The molecule has 0 bridgehead atoms. The second-order valence-corrected chi connectivity index (χ2v) is 10.5. The van der Waals surface area contributed by atoms with Gasteiger partial charge in [-0.05, 0) is 46.5 Å². The summed E-state index contributed by atoms with van der Waals surface area (Å²) in [6.07, 6.45) is -4.30. The third kappa shape index (κ3) is 5.96. The van der Waals surface area contributed by atoms with E-state index in [1.807, 2.05) is 12.1 Å². The van der Waals surface area contributed by atoms with Crippen molar-refractivity contribution in [2.75, 3.05) is 26.2 Å². The SMILES string of the molecule is FC(F)(F)c1ccc(CN2CCN(Cc3ccc4nc(C(c5ccccc5)c5ccccc5)[nH]c4c3)CC2)cc1. The van der Waals surface area contributed by atoms with Gasteiger partial charge in [0.25, 0.3) is 0 Å². The highest BCUT2D eigenvalue weighted by atomic mass is 19.4. The van der Waals surface area contributed by atoms with Crippen molar-refractivity contribution >= 4 is 11.0 Å². The minimum absolute atomic E-state index is 0.0241. The van der Waals surface area contributed by atoms with E-state index in [0.29, 0.717) is 6.54 Å². The molecule has 7 heteroatoms. The molecule has 0 atom stereocenters. The molecule has 0 unspecified atom stereocenters. The Kier molecular flexibility index (Phi) is 7.41. The second kappa shape index (κ2) is 11.3. The fourth-order valence-corrected chi connectivity index (χ4v) is 5.53. The van der Waals surface area contributed by atoms with Crippen LogP contribution in [-0.4, -0.2) is 45.9 Å². The normalized spacial score (nSPS) is 15.2. The summed E-state index contributed by atoms with van der Waals surface area (Å²) >= 11 is 0. The quantitative estimate of drug-likeness (QED) is 0.240. The predicted molar refractivity (Wildman–Crippen MR) is 152 cm³/mol. The second-order valence-electron chi connectivity index (χ2n) is 10.5. The summed E-state index contributed by atoms with van der Waals surface area (Å²) in [6, 6.07) is 32.9. The molecule has 0 aliphatic carbocycles. The van der Waals surface area contributed by atoms with E-state index in [-0.39, 0.29) is 5.92 Å². The van der Waals surface area contributed by atoms with Gasteiger partial charge in [0.1, 0.15) is 5.82 Å². The highest BCUT2D eigenvalue weighted by molar-refractivity contribution is 5.76. The van der Waals surface area contributed by atoms with Crippen molar-refractivity contribution in [3.63, 3.8) is 0 Å². The molecular formula is C33H31F3N4. The highest BCUT2D eigenvalue weighted by Crippen LogP contribution is 2.32. The number of aromatic nitrogens is 2. The van der Waals surface area contributed by atoms with Crippen LogP contribution in [0.3, 0.4) is 0 Å². The highest BCUT2D eigenvalue weighted by Gasteiger charge is 2.30. The van der Waals surface area contributed by atoms with Crippen molar-refractivity contribution in [1.29, 1.82) is 0 Å². The van der Waals surface area contributed by atoms with Gasteiger partial charge < -0.3 is 4.98 Å². The molecule has 0 spiro atoms. The van der Waals surface area contributed by atoms with Crippen LogP contribution in [0.2, 0.25) is 0 Å². The summed E-state index contributed by atoms with van der Waals surface area (Å²) in [6.45, 7) is 5.10. The zero-order valence-corrected chi connectivity index (χ0v) is 22.1. The summed E-state index contributed by atoms with van der Waals surface area (Å²) in [7, 11) is 0. The fourth-order valence-electron chi connectivity index (χ4n) is 5.53. The van der Waals surface area contributed by atoms with E-state index in [4.69, 9.17) is 4.98 Å². The van der Waals surface area contributed by atoms with Crippen LogP contribution in [0.1, 0.15) is 39.6 Å². The van der Waals surface area contributed by atoms with Gasteiger partial charge in [0.2, 0.25) is 0 Å². The van der Waals surface area contributed by atoms with E-state index in [0.717, 1.165) is 55.1 Å². The Morgan fingerprint density at radius 2 is 1.20 bits per heavy atom. The van der Waals surface area contributed by atoms with Crippen LogP contribution < -0.4 is 0 Å². The Hall–Kier alpha value is -3.94. The van der Waals surface area contributed by atoms with Crippen LogP contribution in [-0.2, 0) is 19.3 Å². The van der Waals surface area contributed by atoms with Gasteiger partial charge in [0.15, 0.2) is 0 Å². The van der Waals surface area contributed by atoms with Crippen molar-refractivity contribution < 1.29 is 13.2 Å². The van der Waals surface area contributed by atoms with Crippen molar-refractivity contribution in [3.8, 4) is 0 Å². The standard InChI is InChI=1S/C33H31F3N4/c34-33(35,36)28-14-11-24(12-15-28)22-39-17-19-40(20-18-39)23-25-13-16-29-30(21-25)38-32(37-29)31(26-7-3-1-4-8-26)27-9-5-2-6-10-27/h1-16,21,31H,17-20,22-23H2,(H,37,38). The van der Waals surface area contributed by atoms with Gasteiger partial charge >= 0.3 is 6.18 Å². The number of fused-ring (bicyclic) bond motifs is 1. The first-order valence-electron chi connectivity index (χ1n) is 13.6. The van der Waals surface area contributed by atoms with Crippen LogP contribution in [0.4, 0.5) is 13.2 Å². The number of H-pyrrole nitrogens is 1. The third-order valence-corrected chi connectivity index (χ3v) is 7.66. The zero-order valence-electron chi connectivity index (χ0n) is 22.1. The molecule has 40 heavy (non-hydrogen) atoms. The summed E-state index contributed by atoms with van der Waals surface area (Å²) in [5.74, 6) is 0.956. The molecule has 1 aliphatic rings. The molecule has 1 aliphatic heterocycles. The monoisotopic (exact) mass is 540 g/mol. The number of benzene rings is 4. The average Bonchev–Trinajstić information content (AvgIpc) is 3.38. The number of hydrogen-bond acceptors (Lipinski definition) is 3. The summed E-state index contributed by atoms with van der Waals surface area (Å²) in [5.41, 5.74) is 5.92. The first-order valence-corrected chi connectivity index (χ1v) is 13.6. The molecule has 5 aromatic rings. The van der Waals surface area contributed by atoms with Gasteiger partial charge in [-0.15, -0.1) is 0 Å². The van der Waals surface area contributed by atoms with E-state index < -0.39 is 11.7 Å². The molecule has 0 amide bonds. The number of alkyl halides is 3. The minimum atomic E-state index is -4.30. The Morgan fingerprint density at radius 1 is 0.675 bits per heavy atom. The van der Waals surface area contributed by atoms with Crippen molar-refractivity contribution in [3.05, 3.63) is 137 Å². The van der Waals surface area contributed by atoms with Crippen LogP contribution >= 0.6 is 0 Å². The Labute approximate surface area is 232 Å². The number of hydrogen-bond donors (Lipinski definition) is 1. The molecule has 0 radical (unpaired) electrons. The van der Waals surface area contributed by atoms with Crippen molar-refractivity contribution in [2.45, 2.75) is 25.2 Å². The number of piperazine rings is 1. The number of nitrogens with one attached hydrogen (secondary N) is 1. The summed E-state index contributed by atoms with van der Waals surface area (Å²) < 4.78 is 38.5. The molecule has 1 N–H and O–H groups in total. The lowest BCUT2D eigenvalue weighted by Crippen LogP contribution is -2.45. The first-order chi connectivity index (χ1) is 19.4. The van der Waals surface area contributed by atoms with Gasteiger partial charge in [0, 0.05) is 39.3 Å². The van der Waals surface area contributed by atoms with Crippen LogP contribution in [0.15, 0.2) is 103 Å². The molecule has 0 saturated carbocycles. The third-order valence-electron chi connectivity index (χ3n) is 7.66. The number of nitrogens with zero attached hydrogens (tertiary/aromatic N) is 3. The molecule has 1 aromatic heterocycles. The predicted octanol–water partition coefficient (Wildman–Crippen LogP) is 7.08. The first kappa shape index (κ1) is 26.3. The smallest absolute Gasteiger partial charge is 0.341 e. The van der Waals surface area contributed by atoms with E-state index in [9.17, 15) is 13.2 Å². The molecule has 1 saturated heterocycles. The molecule has 1 fully saturated rings. The number of imidazole rings is 1. The Balaban J connectivity index is 1.11. The summed E-state index contributed by atoms with van der Waals surface area (Å²) in [5, 5.41) is 0. The Bertz CT molecular complexity index is 1500. The van der Waals surface area contributed by atoms with Gasteiger partial charge in [-0.1, -0.05) is 78.9 Å². The fraction of sp³-hybridized carbons (Fsp3) is 0.242. The zero-order chi connectivity index (χ0) is 27.5. The minimum Gasteiger partial charge on any atom is -0.341 e. The van der Waals surface area contributed by atoms with Crippen molar-refractivity contribution in [2.24, 2.45) is 0 Å². The maximum absolute atomic E-state index is 12.8. The maximum Gasteiger partial charge on any atom is 0.416 e. The molecular weight excluding hydrogens is 509 g/mol. The number of aromatic amines is 1. The number of rotatable bonds is 7. The van der Waals surface area contributed by atoms with Gasteiger partial charge in [-0.3, -0.25) is 9.80 Å². The molecule has 4 aromatic carbocycles. The molecule has 2 heterocycles. The topological polar surface area (TPSA) is 35.2 Å². The van der Waals surface area contributed by atoms with Gasteiger partial charge in [-0.2, -0.15) is 13.2 Å². The van der Waals surface area contributed by atoms with E-state index in [1.165, 1.54) is 28.8 Å². The lowest BCUT2D eigenvalue weighted by Gasteiger charge is -2.34. The van der Waals surface area contributed by atoms with Crippen molar-refractivity contribution in [1.82, 2.24) is 19.8 Å². The van der Waals surface area contributed by atoms with Crippen LogP contribution in [0.25, 0.3) is 11.0 Å². The largest absolute Gasteiger partial charge is 0.416 e.